The summed E-state index contributed by atoms with van der Waals surface area (Å²) in [6.45, 7) is 4.70. The van der Waals surface area contributed by atoms with Crippen molar-refractivity contribution in [2.24, 2.45) is 5.73 Å². The third-order valence-electron chi connectivity index (χ3n) is 7.82. The monoisotopic (exact) mass is 523 g/mol. The van der Waals surface area contributed by atoms with Crippen molar-refractivity contribution < 1.29 is 5.11 Å². The molecule has 0 aliphatic heterocycles. The zero-order valence-electron chi connectivity index (χ0n) is 24.2. The van der Waals surface area contributed by atoms with Gasteiger partial charge in [-0.05, 0) is 30.4 Å². The molecule has 1 aromatic rings. The van der Waals surface area contributed by atoms with E-state index < -0.39 is 0 Å². The van der Waals surface area contributed by atoms with Gasteiger partial charge in [-0.25, -0.2) is 0 Å². The van der Waals surface area contributed by atoms with Gasteiger partial charge < -0.3 is 10.8 Å². The number of aliphatic hydroxyl groups is 1. The smallest absolute Gasteiger partial charge is 0.0681 e. The highest BCUT2D eigenvalue weighted by Gasteiger charge is 2.24. The predicted molar refractivity (Wildman–Crippen MR) is 163 cm³/mol. The molecule has 3 heteroatoms. The fraction of sp³-hybridized carbons (Fsp3) is 0.818. The molecule has 3 N–H and O–H groups in total. The normalized spacial score (nSPS) is 11.6. The largest absolute Gasteiger partial charge is 0.392 e. The van der Waals surface area contributed by atoms with Crippen LogP contribution in [0.15, 0.2) is 24.3 Å². The van der Waals surface area contributed by atoms with Gasteiger partial charge >= 0.3 is 0 Å². The van der Waals surface area contributed by atoms with Gasteiger partial charge in [-0.1, -0.05) is 167 Å². The maximum atomic E-state index is 9.35. The molecule has 0 aliphatic rings. The summed E-state index contributed by atoms with van der Waals surface area (Å²) >= 11 is 0. The lowest BCUT2D eigenvalue weighted by atomic mass is 9.82. The summed E-state index contributed by atoms with van der Waals surface area (Å²) in [6, 6.07) is 8.45. The van der Waals surface area contributed by atoms with Crippen LogP contribution in [0.2, 0.25) is 0 Å². The van der Waals surface area contributed by atoms with Gasteiger partial charge in [0, 0.05) is 5.54 Å². The first-order valence-corrected chi connectivity index (χ1v) is 15.6. The minimum atomic E-state index is -0.0823. The summed E-state index contributed by atoms with van der Waals surface area (Å²) in [6.07, 6.45) is 30.8. The van der Waals surface area contributed by atoms with Crippen molar-refractivity contribution in [2.75, 3.05) is 0 Å². The van der Waals surface area contributed by atoms with E-state index in [1.807, 2.05) is 0 Å². The quantitative estimate of drug-likeness (QED) is 0.125. The molecule has 0 amide bonds. The van der Waals surface area contributed by atoms with E-state index in [1.54, 1.807) is 0 Å². The van der Waals surface area contributed by atoms with Gasteiger partial charge in [0.1, 0.15) is 0 Å². The van der Waals surface area contributed by atoms with Crippen LogP contribution >= 0.6 is 12.4 Å². The average Bonchev–Trinajstić information content (AvgIpc) is 2.87. The van der Waals surface area contributed by atoms with E-state index in [9.17, 15) is 5.11 Å². The zero-order valence-corrected chi connectivity index (χ0v) is 25.0. The highest BCUT2D eigenvalue weighted by atomic mass is 35.5. The fourth-order valence-electron chi connectivity index (χ4n) is 5.40. The molecule has 2 nitrogen and oxygen atoms in total. The van der Waals surface area contributed by atoms with Crippen LogP contribution in [-0.4, -0.2) is 10.6 Å². The van der Waals surface area contributed by atoms with E-state index in [-0.39, 0.29) is 24.6 Å². The van der Waals surface area contributed by atoms with E-state index in [4.69, 9.17) is 5.73 Å². The Balaban J connectivity index is 0.0000122. The summed E-state index contributed by atoms with van der Waals surface area (Å²) in [5, 5.41) is 9.35. The Kier molecular flexibility index (Phi) is 24.4. The van der Waals surface area contributed by atoms with Gasteiger partial charge in [-0.2, -0.15) is 0 Å². The summed E-state index contributed by atoms with van der Waals surface area (Å²) in [5.74, 6) is 0. The van der Waals surface area contributed by atoms with Crippen LogP contribution in [0.4, 0.5) is 0 Å². The average molecular weight is 524 g/mol. The van der Waals surface area contributed by atoms with Crippen molar-refractivity contribution in [3.63, 3.8) is 0 Å². The molecule has 212 valence electrons. The van der Waals surface area contributed by atoms with E-state index >= 15 is 0 Å². The number of halogens is 1. The lowest BCUT2D eigenvalue weighted by Crippen LogP contribution is -2.42. The predicted octanol–water partition coefficient (Wildman–Crippen LogP) is 10.5. The first-order chi connectivity index (χ1) is 17.1. The minimum Gasteiger partial charge on any atom is -0.392 e. The molecule has 0 saturated carbocycles. The molecule has 0 spiro atoms. The first kappa shape index (κ1) is 35.4. The number of unbranched alkanes of at least 4 members (excludes halogenated alkanes) is 18. The number of rotatable bonds is 25. The van der Waals surface area contributed by atoms with Crippen molar-refractivity contribution >= 4 is 12.4 Å². The number of aliphatic hydroxyl groups excluding tert-OH is 1. The van der Waals surface area contributed by atoms with Crippen molar-refractivity contribution in [1.29, 1.82) is 0 Å². The Morgan fingerprint density at radius 3 is 1.17 bits per heavy atom. The lowest BCUT2D eigenvalue weighted by Gasteiger charge is -2.30. The van der Waals surface area contributed by atoms with Crippen LogP contribution in [0.3, 0.4) is 0 Å². The highest BCUT2D eigenvalue weighted by Crippen LogP contribution is 2.26. The van der Waals surface area contributed by atoms with Gasteiger partial charge in [0.2, 0.25) is 0 Å². The summed E-state index contributed by atoms with van der Waals surface area (Å²) in [5.41, 5.74) is 9.30. The molecule has 0 aliphatic carbocycles. The second-order valence-electron chi connectivity index (χ2n) is 11.4. The molecule has 0 aromatic heterocycles. The molecule has 0 heterocycles. The molecule has 1 aromatic carbocycles. The zero-order chi connectivity index (χ0) is 25.5. The van der Waals surface area contributed by atoms with E-state index in [0.29, 0.717) is 0 Å². The Bertz CT molecular complexity index is 550. The number of benzene rings is 1. The fourth-order valence-corrected chi connectivity index (χ4v) is 5.40. The SMILES string of the molecule is CCCCCCCCCCCCC(N)(CCCCCCCCCCCC)Cc1ccc(CO)cc1.Cl. The molecule has 0 bridgehead atoms. The number of hydrogen-bond acceptors (Lipinski definition) is 2. The Labute approximate surface area is 232 Å². The van der Waals surface area contributed by atoms with Crippen LogP contribution in [0, 0.1) is 0 Å². The van der Waals surface area contributed by atoms with Crippen molar-refractivity contribution in [2.45, 2.75) is 174 Å². The Morgan fingerprint density at radius 2 is 0.833 bits per heavy atom. The minimum absolute atomic E-state index is 0. The highest BCUT2D eigenvalue weighted by molar-refractivity contribution is 5.85. The molecule has 0 fully saturated rings. The van der Waals surface area contributed by atoms with Gasteiger partial charge in [-0.3, -0.25) is 0 Å². The van der Waals surface area contributed by atoms with Gasteiger partial charge in [-0.15, -0.1) is 12.4 Å². The summed E-state index contributed by atoms with van der Waals surface area (Å²) in [4.78, 5) is 0. The maximum absolute atomic E-state index is 9.35. The topological polar surface area (TPSA) is 46.2 Å². The van der Waals surface area contributed by atoms with Gasteiger partial charge in [0.05, 0.1) is 6.61 Å². The van der Waals surface area contributed by atoms with Crippen LogP contribution in [0.5, 0.6) is 0 Å². The molecule has 0 unspecified atom stereocenters. The molecule has 0 atom stereocenters. The second-order valence-corrected chi connectivity index (χ2v) is 11.4. The van der Waals surface area contributed by atoms with Gasteiger partial charge in [0.15, 0.2) is 0 Å². The van der Waals surface area contributed by atoms with Crippen LogP contribution in [0.25, 0.3) is 0 Å². The van der Waals surface area contributed by atoms with Crippen LogP contribution < -0.4 is 5.73 Å². The number of nitrogens with two attached hydrogens (primary N) is 1. The maximum Gasteiger partial charge on any atom is 0.0681 e. The first-order valence-electron chi connectivity index (χ1n) is 15.6. The second kappa shape index (κ2) is 24.7. The number of hydrogen-bond donors (Lipinski definition) is 2. The summed E-state index contributed by atoms with van der Waals surface area (Å²) < 4.78 is 0. The molecule has 36 heavy (non-hydrogen) atoms. The third-order valence-corrected chi connectivity index (χ3v) is 7.82. The van der Waals surface area contributed by atoms with E-state index in [2.05, 4.69) is 38.1 Å². The van der Waals surface area contributed by atoms with Crippen molar-refractivity contribution in [1.82, 2.24) is 0 Å². The standard InChI is InChI=1S/C33H61NO.ClH/c1-3-5-7-9-11-13-15-17-19-21-27-33(34,29-31-23-25-32(30-35)26-24-31)28-22-20-18-16-14-12-10-8-6-4-2;/h23-26,35H,3-22,27-30,34H2,1-2H3;1H. The Hall–Kier alpha value is -0.570. The van der Waals surface area contributed by atoms with Crippen LogP contribution in [-0.2, 0) is 13.0 Å². The molecular formula is C33H62ClNO. The molecule has 0 radical (unpaired) electrons. The molecular weight excluding hydrogens is 462 g/mol. The third kappa shape index (κ3) is 19.5. The van der Waals surface area contributed by atoms with Gasteiger partial charge in [0.25, 0.3) is 0 Å². The van der Waals surface area contributed by atoms with Crippen molar-refractivity contribution in [3.8, 4) is 0 Å². The summed E-state index contributed by atoms with van der Waals surface area (Å²) in [7, 11) is 0. The van der Waals surface area contributed by atoms with E-state index in [0.717, 1.165) is 24.8 Å². The molecule has 1 rings (SSSR count). The van der Waals surface area contributed by atoms with Crippen molar-refractivity contribution in [3.05, 3.63) is 35.4 Å². The Morgan fingerprint density at radius 1 is 0.528 bits per heavy atom. The lowest BCUT2D eigenvalue weighted by molar-refractivity contribution is 0.281. The van der Waals surface area contributed by atoms with Crippen LogP contribution in [0.1, 0.15) is 166 Å². The van der Waals surface area contributed by atoms with E-state index in [1.165, 1.54) is 134 Å². The molecule has 0 saturated heterocycles.